The van der Waals surface area contributed by atoms with Gasteiger partial charge in [0.1, 0.15) is 22.9 Å². The Morgan fingerprint density at radius 2 is 2.13 bits per heavy atom. The molecule has 0 spiro atoms. The number of hydrogen-bond acceptors (Lipinski definition) is 5. The summed E-state index contributed by atoms with van der Waals surface area (Å²) < 4.78 is 34.0. The molecule has 2 aromatic rings. The SMILES string of the molecule is CC[C@]12CCCO[C@@H]1Cn1cc(C(=O)NCc3ccc(F)cc3F)c(=O)c(O)c1C2=O. The van der Waals surface area contributed by atoms with E-state index in [1.807, 2.05) is 6.92 Å². The van der Waals surface area contributed by atoms with Crippen LogP contribution in [0.25, 0.3) is 0 Å². The number of aromatic nitrogens is 1. The molecule has 31 heavy (non-hydrogen) atoms. The van der Waals surface area contributed by atoms with Gasteiger partial charge in [0.15, 0.2) is 11.5 Å². The lowest BCUT2D eigenvalue weighted by atomic mass is 9.68. The van der Waals surface area contributed by atoms with E-state index in [-0.39, 0.29) is 35.7 Å². The predicted molar refractivity (Wildman–Crippen MR) is 106 cm³/mol. The minimum Gasteiger partial charge on any atom is -0.503 e. The number of halogens is 2. The van der Waals surface area contributed by atoms with E-state index in [4.69, 9.17) is 4.74 Å². The van der Waals surface area contributed by atoms with Crippen LogP contribution in [-0.2, 0) is 17.8 Å². The van der Waals surface area contributed by atoms with E-state index in [1.54, 1.807) is 0 Å². The molecule has 0 bridgehead atoms. The molecule has 4 rings (SSSR count). The molecule has 2 N–H and O–H groups in total. The summed E-state index contributed by atoms with van der Waals surface area (Å²) in [6.45, 7) is 2.32. The first kappa shape index (κ1) is 21.2. The molecule has 1 saturated heterocycles. The fraction of sp³-hybridized carbons (Fsp3) is 0.409. The fourth-order valence-electron chi connectivity index (χ4n) is 4.53. The van der Waals surface area contributed by atoms with Crippen LogP contribution in [0.1, 0.15) is 52.6 Å². The Labute approximate surface area is 176 Å². The molecule has 1 amide bonds. The van der Waals surface area contributed by atoms with Crippen molar-refractivity contribution in [3.63, 3.8) is 0 Å². The van der Waals surface area contributed by atoms with Gasteiger partial charge >= 0.3 is 0 Å². The zero-order chi connectivity index (χ0) is 22.3. The average molecular weight is 432 g/mol. The summed E-state index contributed by atoms with van der Waals surface area (Å²) in [7, 11) is 0. The summed E-state index contributed by atoms with van der Waals surface area (Å²) in [4.78, 5) is 38.5. The lowest BCUT2D eigenvalue weighted by Gasteiger charge is -2.46. The van der Waals surface area contributed by atoms with Crippen LogP contribution >= 0.6 is 0 Å². The van der Waals surface area contributed by atoms with Crippen molar-refractivity contribution >= 4 is 11.7 Å². The Balaban J connectivity index is 1.66. The third-order valence-corrected chi connectivity index (χ3v) is 6.32. The number of carbonyl (C=O) groups is 2. The van der Waals surface area contributed by atoms with Gasteiger partial charge in [-0.05, 0) is 25.3 Å². The molecule has 2 aliphatic heterocycles. The molecule has 0 saturated carbocycles. The van der Waals surface area contributed by atoms with Crippen molar-refractivity contribution in [1.82, 2.24) is 9.88 Å². The maximum atomic E-state index is 13.8. The third kappa shape index (κ3) is 3.42. The Morgan fingerprint density at radius 1 is 1.35 bits per heavy atom. The number of fused-ring (bicyclic) bond motifs is 2. The number of amides is 1. The molecule has 1 fully saturated rings. The molecule has 0 radical (unpaired) electrons. The second-order valence-corrected chi connectivity index (χ2v) is 7.94. The summed E-state index contributed by atoms with van der Waals surface area (Å²) in [5.74, 6) is -3.56. The number of carbonyl (C=O) groups excluding carboxylic acids is 2. The van der Waals surface area contributed by atoms with Crippen LogP contribution in [0, 0.1) is 17.0 Å². The number of rotatable bonds is 4. The van der Waals surface area contributed by atoms with Crippen molar-refractivity contribution in [2.45, 2.75) is 45.4 Å². The molecular weight excluding hydrogens is 410 g/mol. The Kier molecular flexibility index (Phi) is 5.38. The van der Waals surface area contributed by atoms with E-state index >= 15 is 0 Å². The number of hydrogen-bond donors (Lipinski definition) is 2. The van der Waals surface area contributed by atoms with Crippen LogP contribution in [0.5, 0.6) is 5.75 Å². The van der Waals surface area contributed by atoms with Crippen molar-refractivity contribution in [1.29, 1.82) is 0 Å². The predicted octanol–water partition coefficient (Wildman–Crippen LogP) is 2.53. The van der Waals surface area contributed by atoms with Gasteiger partial charge in [-0.25, -0.2) is 8.78 Å². The standard InChI is InChI=1S/C22H22F2N2O5/c1-2-22-6-3-7-31-16(22)11-26-10-14(18(27)19(28)17(26)20(22)29)21(30)25-9-12-4-5-13(23)8-15(12)24/h4-5,8,10,16,28H,2-3,6-7,9,11H2,1H3,(H,25,30)/t16-,22+/m1/s1. The maximum absolute atomic E-state index is 13.8. The molecule has 164 valence electrons. The second kappa shape index (κ2) is 7.88. The second-order valence-electron chi connectivity index (χ2n) is 7.94. The minimum absolute atomic E-state index is 0.0375. The summed E-state index contributed by atoms with van der Waals surface area (Å²) in [5.41, 5.74) is -2.23. The quantitative estimate of drug-likeness (QED) is 0.774. The average Bonchev–Trinajstić information content (AvgIpc) is 2.75. The summed E-state index contributed by atoms with van der Waals surface area (Å²) in [6, 6.07) is 2.93. The van der Waals surface area contributed by atoms with E-state index < -0.39 is 40.2 Å². The van der Waals surface area contributed by atoms with Crippen LogP contribution in [0.15, 0.2) is 29.2 Å². The summed E-state index contributed by atoms with van der Waals surface area (Å²) >= 11 is 0. The van der Waals surface area contributed by atoms with E-state index in [9.17, 15) is 28.3 Å². The fourth-order valence-corrected chi connectivity index (χ4v) is 4.53. The highest BCUT2D eigenvalue weighted by molar-refractivity contribution is 6.03. The monoisotopic (exact) mass is 432 g/mol. The highest BCUT2D eigenvalue weighted by Gasteiger charge is 2.51. The van der Waals surface area contributed by atoms with Crippen LogP contribution in [0.2, 0.25) is 0 Å². The van der Waals surface area contributed by atoms with Gasteiger partial charge in [-0.15, -0.1) is 0 Å². The summed E-state index contributed by atoms with van der Waals surface area (Å²) in [6.07, 6.45) is 2.63. The van der Waals surface area contributed by atoms with E-state index in [0.29, 0.717) is 31.9 Å². The Bertz CT molecular complexity index is 1130. The number of benzene rings is 1. The number of Topliss-reactive ketones (excluding diaryl/α,β-unsaturated/α-hetero) is 1. The van der Waals surface area contributed by atoms with Crippen molar-refractivity contribution in [3.05, 3.63) is 63.1 Å². The van der Waals surface area contributed by atoms with Gasteiger partial charge in [-0.3, -0.25) is 14.4 Å². The molecule has 1 aromatic carbocycles. The maximum Gasteiger partial charge on any atom is 0.257 e. The first-order chi connectivity index (χ1) is 14.8. The minimum atomic E-state index is -0.974. The zero-order valence-electron chi connectivity index (χ0n) is 16.9. The summed E-state index contributed by atoms with van der Waals surface area (Å²) in [5, 5.41) is 12.9. The van der Waals surface area contributed by atoms with Crippen LogP contribution in [0.4, 0.5) is 8.78 Å². The van der Waals surface area contributed by atoms with E-state index in [0.717, 1.165) is 6.07 Å². The number of nitrogens with one attached hydrogen (secondary N) is 1. The largest absolute Gasteiger partial charge is 0.503 e. The molecule has 2 atom stereocenters. The third-order valence-electron chi connectivity index (χ3n) is 6.32. The highest BCUT2D eigenvalue weighted by atomic mass is 19.1. The first-order valence-corrected chi connectivity index (χ1v) is 10.1. The normalized spacial score (nSPS) is 22.5. The first-order valence-electron chi connectivity index (χ1n) is 10.1. The number of nitrogens with zero attached hydrogens (tertiary/aromatic N) is 1. The van der Waals surface area contributed by atoms with Crippen molar-refractivity contribution in [3.8, 4) is 5.75 Å². The molecule has 7 nitrogen and oxygen atoms in total. The van der Waals surface area contributed by atoms with E-state index in [2.05, 4.69) is 5.32 Å². The van der Waals surface area contributed by atoms with Gasteiger partial charge in [0.2, 0.25) is 5.43 Å². The molecule has 1 aromatic heterocycles. The van der Waals surface area contributed by atoms with Gasteiger partial charge < -0.3 is 19.7 Å². The number of pyridine rings is 1. The Morgan fingerprint density at radius 3 is 2.84 bits per heavy atom. The number of aromatic hydroxyl groups is 1. The molecular formula is C22H22F2N2O5. The molecule has 9 heteroatoms. The Hall–Kier alpha value is -3.07. The molecule has 0 aliphatic carbocycles. The van der Waals surface area contributed by atoms with Crippen molar-refractivity contribution < 1.29 is 28.2 Å². The highest BCUT2D eigenvalue weighted by Crippen LogP contribution is 2.45. The molecule has 0 unspecified atom stereocenters. The van der Waals surface area contributed by atoms with Crippen LogP contribution in [-0.4, -0.2) is 34.1 Å². The zero-order valence-corrected chi connectivity index (χ0v) is 16.9. The number of ether oxygens (including phenoxy) is 1. The number of ketones is 1. The van der Waals surface area contributed by atoms with Gasteiger partial charge in [0, 0.05) is 31.0 Å². The molecule has 2 aliphatic rings. The van der Waals surface area contributed by atoms with Crippen LogP contribution in [0.3, 0.4) is 0 Å². The van der Waals surface area contributed by atoms with E-state index in [1.165, 1.54) is 16.8 Å². The van der Waals surface area contributed by atoms with Gasteiger partial charge in [0.05, 0.1) is 18.1 Å². The van der Waals surface area contributed by atoms with Crippen LogP contribution < -0.4 is 10.7 Å². The van der Waals surface area contributed by atoms with Crippen molar-refractivity contribution in [2.24, 2.45) is 5.41 Å². The van der Waals surface area contributed by atoms with Gasteiger partial charge in [0.25, 0.3) is 5.91 Å². The molecule has 3 heterocycles. The lowest BCUT2D eigenvalue weighted by molar-refractivity contribution is -0.0827. The van der Waals surface area contributed by atoms with Gasteiger partial charge in [-0.2, -0.15) is 0 Å². The topological polar surface area (TPSA) is 97.6 Å². The smallest absolute Gasteiger partial charge is 0.257 e. The lowest BCUT2D eigenvalue weighted by Crippen LogP contribution is -2.53. The van der Waals surface area contributed by atoms with Gasteiger partial charge in [-0.1, -0.05) is 13.0 Å². The van der Waals surface area contributed by atoms with Crippen molar-refractivity contribution in [2.75, 3.05) is 6.61 Å².